The van der Waals surface area contributed by atoms with Crippen molar-refractivity contribution in [2.45, 2.75) is 13.3 Å². The fraction of sp³-hybridized carbons (Fsp3) is 0.385. The number of hydrogen-bond donors (Lipinski definition) is 2. The molecule has 1 rings (SSSR count). The molecule has 0 aliphatic rings. The summed E-state index contributed by atoms with van der Waals surface area (Å²) in [4.78, 5) is 24.3. The van der Waals surface area contributed by atoms with Crippen molar-refractivity contribution in [2.24, 2.45) is 0 Å². The van der Waals surface area contributed by atoms with Gasteiger partial charge in [-0.05, 0) is 18.6 Å². The Morgan fingerprint density at radius 1 is 1.33 bits per heavy atom. The molecule has 1 amide bonds. The van der Waals surface area contributed by atoms with Gasteiger partial charge in [0.2, 0.25) is 5.91 Å². The Kier molecular flexibility index (Phi) is 5.17. The first kappa shape index (κ1) is 14.0. The van der Waals surface area contributed by atoms with E-state index < -0.39 is 5.97 Å². The Labute approximate surface area is 106 Å². The molecule has 0 radical (unpaired) electrons. The summed E-state index contributed by atoms with van der Waals surface area (Å²) in [6.07, 6.45) is 0.876. The molecule has 98 valence electrons. The summed E-state index contributed by atoms with van der Waals surface area (Å²) in [5.74, 6) is -1.11. The van der Waals surface area contributed by atoms with Crippen LogP contribution in [0.25, 0.3) is 0 Å². The van der Waals surface area contributed by atoms with E-state index in [0.717, 1.165) is 6.42 Å². The zero-order valence-corrected chi connectivity index (χ0v) is 10.6. The lowest BCUT2D eigenvalue weighted by Gasteiger charge is -2.20. The number of nitrogens with zero attached hydrogens (tertiary/aromatic N) is 1. The number of hydrogen-bond acceptors (Lipinski definition) is 3. The summed E-state index contributed by atoms with van der Waals surface area (Å²) in [5.41, 5.74) is 0.736. The smallest absolute Gasteiger partial charge is 0.337 e. The second-order valence-electron chi connectivity index (χ2n) is 4.03. The molecule has 18 heavy (non-hydrogen) atoms. The van der Waals surface area contributed by atoms with Crippen LogP contribution in [0.5, 0.6) is 0 Å². The molecule has 0 saturated heterocycles. The number of carbonyl (C=O) groups is 2. The first-order valence-corrected chi connectivity index (χ1v) is 5.86. The minimum Gasteiger partial charge on any atom is -0.478 e. The molecule has 0 atom stereocenters. The van der Waals surface area contributed by atoms with Gasteiger partial charge < -0.3 is 15.3 Å². The lowest BCUT2D eigenvalue weighted by atomic mass is 10.1. The van der Waals surface area contributed by atoms with Crippen LogP contribution < -0.4 is 10.2 Å². The Morgan fingerprint density at radius 2 is 2.00 bits per heavy atom. The third-order valence-electron chi connectivity index (χ3n) is 2.50. The minimum atomic E-state index is -0.994. The van der Waals surface area contributed by atoms with Crippen molar-refractivity contribution in [2.75, 3.05) is 25.0 Å². The molecule has 0 aromatic heterocycles. The first-order chi connectivity index (χ1) is 8.56. The van der Waals surface area contributed by atoms with E-state index in [0.29, 0.717) is 12.2 Å². The summed E-state index contributed by atoms with van der Waals surface area (Å²) >= 11 is 0. The lowest BCUT2D eigenvalue weighted by molar-refractivity contribution is -0.119. The summed E-state index contributed by atoms with van der Waals surface area (Å²) in [7, 11) is 1.70. The van der Waals surface area contributed by atoms with Gasteiger partial charge >= 0.3 is 5.97 Å². The highest BCUT2D eigenvalue weighted by Crippen LogP contribution is 2.18. The highest BCUT2D eigenvalue weighted by Gasteiger charge is 2.14. The molecule has 1 aromatic carbocycles. The van der Waals surface area contributed by atoms with E-state index in [1.807, 2.05) is 6.92 Å². The Morgan fingerprint density at radius 3 is 2.61 bits per heavy atom. The summed E-state index contributed by atoms with van der Waals surface area (Å²) in [6.45, 7) is 2.75. The Hall–Kier alpha value is -2.04. The van der Waals surface area contributed by atoms with Gasteiger partial charge in [0.25, 0.3) is 0 Å². The van der Waals surface area contributed by atoms with E-state index in [4.69, 9.17) is 5.11 Å². The predicted molar refractivity (Wildman–Crippen MR) is 70.0 cm³/mol. The number of para-hydroxylation sites is 1. The van der Waals surface area contributed by atoms with Crippen molar-refractivity contribution in [1.82, 2.24) is 5.32 Å². The number of amides is 1. The van der Waals surface area contributed by atoms with Crippen LogP contribution in [0, 0.1) is 0 Å². The van der Waals surface area contributed by atoms with Crippen molar-refractivity contribution in [1.29, 1.82) is 0 Å². The van der Waals surface area contributed by atoms with E-state index in [2.05, 4.69) is 5.32 Å². The van der Waals surface area contributed by atoms with E-state index in [9.17, 15) is 9.59 Å². The van der Waals surface area contributed by atoms with E-state index in [-0.39, 0.29) is 18.0 Å². The molecular weight excluding hydrogens is 232 g/mol. The first-order valence-electron chi connectivity index (χ1n) is 5.86. The number of carboxylic acids is 1. The largest absolute Gasteiger partial charge is 0.478 e. The van der Waals surface area contributed by atoms with Gasteiger partial charge in [-0.3, -0.25) is 4.79 Å². The standard InChI is InChI=1S/C13H18N2O3/c1-3-8-14-12(16)9-15(2)11-7-5-4-6-10(11)13(17)18/h4-7H,3,8-9H2,1-2H3,(H,14,16)(H,17,18). The average molecular weight is 250 g/mol. The van der Waals surface area contributed by atoms with Crippen LogP contribution in [-0.2, 0) is 4.79 Å². The van der Waals surface area contributed by atoms with Crippen molar-refractivity contribution in [3.8, 4) is 0 Å². The lowest BCUT2D eigenvalue weighted by Crippen LogP contribution is -2.36. The maximum atomic E-state index is 11.6. The number of anilines is 1. The SMILES string of the molecule is CCCNC(=O)CN(C)c1ccccc1C(=O)O. The van der Waals surface area contributed by atoms with Crippen LogP contribution >= 0.6 is 0 Å². The van der Waals surface area contributed by atoms with Crippen molar-refractivity contribution < 1.29 is 14.7 Å². The van der Waals surface area contributed by atoms with Crippen LogP contribution in [0.3, 0.4) is 0 Å². The Balaban J connectivity index is 2.75. The van der Waals surface area contributed by atoms with Gasteiger partial charge in [0.1, 0.15) is 0 Å². The molecule has 5 heteroatoms. The molecule has 1 aromatic rings. The fourth-order valence-corrected chi connectivity index (χ4v) is 1.61. The summed E-state index contributed by atoms with van der Waals surface area (Å²) in [6, 6.07) is 6.63. The van der Waals surface area contributed by atoms with Gasteiger partial charge in [-0.1, -0.05) is 19.1 Å². The van der Waals surface area contributed by atoms with E-state index >= 15 is 0 Å². The zero-order valence-electron chi connectivity index (χ0n) is 10.6. The second kappa shape index (κ2) is 6.64. The molecule has 0 unspecified atom stereocenters. The number of carboxylic acid groups (broad SMARTS) is 1. The zero-order chi connectivity index (χ0) is 13.5. The highest BCUT2D eigenvalue weighted by molar-refractivity contribution is 5.95. The highest BCUT2D eigenvalue weighted by atomic mass is 16.4. The normalized spacial score (nSPS) is 9.89. The van der Waals surface area contributed by atoms with Crippen LogP contribution in [0.1, 0.15) is 23.7 Å². The molecule has 0 aliphatic heterocycles. The average Bonchev–Trinajstić information content (AvgIpc) is 2.36. The number of benzene rings is 1. The number of carbonyl (C=O) groups excluding carboxylic acids is 1. The van der Waals surface area contributed by atoms with E-state index in [1.54, 1.807) is 30.1 Å². The third-order valence-corrected chi connectivity index (χ3v) is 2.50. The topological polar surface area (TPSA) is 69.6 Å². The van der Waals surface area contributed by atoms with Crippen molar-refractivity contribution in [3.05, 3.63) is 29.8 Å². The summed E-state index contributed by atoms with van der Waals surface area (Å²) in [5, 5.41) is 11.8. The molecule has 5 nitrogen and oxygen atoms in total. The number of nitrogens with one attached hydrogen (secondary N) is 1. The maximum Gasteiger partial charge on any atom is 0.337 e. The van der Waals surface area contributed by atoms with Crippen LogP contribution in [-0.4, -0.2) is 37.1 Å². The maximum absolute atomic E-state index is 11.6. The van der Waals surface area contributed by atoms with Gasteiger partial charge in [0.05, 0.1) is 17.8 Å². The van der Waals surface area contributed by atoms with Gasteiger partial charge in [0, 0.05) is 13.6 Å². The van der Waals surface area contributed by atoms with Crippen molar-refractivity contribution in [3.63, 3.8) is 0 Å². The molecule has 0 fully saturated rings. The van der Waals surface area contributed by atoms with E-state index in [1.165, 1.54) is 6.07 Å². The molecular formula is C13H18N2O3. The third kappa shape index (κ3) is 3.76. The van der Waals surface area contributed by atoms with Gasteiger partial charge in [-0.2, -0.15) is 0 Å². The number of aromatic carboxylic acids is 1. The molecule has 0 heterocycles. The predicted octanol–water partition coefficient (Wildman–Crippen LogP) is 1.35. The number of likely N-dealkylation sites (N-methyl/N-ethyl adjacent to an activating group) is 1. The fourth-order valence-electron chi connectivity index (χ4n) is 1.61. The van der Waals surface area contributed by atoms with Crippen LogP contribution in [0.4, 0.5) is 5.69 Å². The molecule has 0 bridgehead atoms. The van der Waals surface area contributed by atoms with Crippen LogP contribution in [0.15, 0.2) is 24.3 Å². The minimum absolute atomic E-state index is 0.112. The second-order valence-corrected chi connectivity index (χ2v) is 4.03. The van der Waals surface area contributed by atoms with Gasteiger partial charge in [0.15, 0.2) is 0 Å². The molecule has 2 N–H and O–H groups in total. The number of rotatable bonds is 6. The van der Waals surface area contributed by atoms with Gasteiger partial charge in [-0.25, -0.2) is 4.79 Å². The monoisotopic (exact) mass is 250 g/mol. The van der Waals surface area contributed by atoms with Crippen molar-refractivity contribution >= 4 is 17.6 Å². The Bertz CT molecular complexity index is 432. The quantitative estimate of drug-likeness (QED) is 0.799. The van der Waals surface area contributed by atoms with Gasteiger partial charge in [-0.15, -0.1) is 0 Å². The summed E-state index contributed by atoms with van der Waals surface area (Å²) < 4.78 is 0. The molecule has 0 aliphatic carbocycles. The van der Waals surface area contributed by atoms with Crippen LogP contribution in [0.2, 0.25) is 0 Å². The molecule has 0 spiro atoms. The molecule has 0 saturated carbocycles.